The number of unbranched alkanes of at least 4 members (excludes halogenated alkanes) is 2. The van der Waals surface area contributed by atoms with Crippen molar-refractivity contribution in [2.75, 3.05) is 58.7 Å². The first-order chi connectivity index (χ1) is 23.4. The molecule has 0 fully saturated rings. The van der Waals surface area contributed by atoms with Gasteiger partial charge in [-0.3, -0.25) is 4.79 Å². The third kappa shape index (κ3) is 10.3. The van der Waals surface area contributed by atoms with Crippen molar-refractivity contribution in [3.05, 3.63) is 117 Å². The first-order valence-electron chi connectivity index (χ1n) is 16.9. The molecule has 2 N–H and O–H groups in total. The number of amides is 1. The predicted molar refractivity (Wildman–Crippen MR) is 193 cm³/mol. The maximum Gasteiger partial charge on any atom is 0.416 e. The van der Waals surface area contributed by atoms with Gasteiger partial charge in [-0.2, -0.15) is 13.2 Å². The number of alkyl halides is 3. The van der Waals surface area contributed by atoms with Crippen LogP contribution in [0.5, 0.6) is 5.75 Å². The number of hydrogen-bond donors (Lipinski definition) is 2. The lowest BCUT2D eigenvalue weighted by atomic mass is 9.95. The molecule has 1 aliphatic carbocycles. The van der Waals surface area contributed by atoms with Crippen molar-refractivity contribution < 1.29 is 27.2 Å². The zero-order valence-electron chi connectivity index (χ0n) is 28.4. The largest absolute Gasteiger partial charge is 0.493 e. The van der Waals surface area contributed by atoms with Crippen LogP contribution >= 0.6 is 15.9 Å². The van der Waals surface area contributed by atoms with Crippen molar-refractivity contribution in [2.45, 2.75) is 44.8 Å². The van der Waals surface area contributed by atoms with Gasteiger partial charge in [0.15, 0.2) is 0 Å². The average molecular weight is 739 g/mol. The Balaban J connectivity index is 1.21. The maximum atomic E-state index is 13.8. The van der Waals surface area contributed by atoms with Crippen LogP contribution in [0.25, 0.3) is 5.57 Å². The number of nitrogens with one attached hydrogen (secondary N) is 2. The Labute approximate surface area is 296 Å². The number of hydrogen-bond acceptors (Lipinski definition) is 4. The summed E-state index contributed by atoms with van der Waals surface area (Å²) in [5.41, 5.74) is 6.89. The van der Waals surface area contributed by atoms with Crippen molar-refractivity contribution in [2.24, 2.45) is 0 Å². The number of quaternary nitrogens is 1. The quantitative estimate of drug-likeness (QED) is 0.0781. The van der Waals surface area contributed by atoms with Crippen LogP contribution in [0.2, 0.25) is 0 Å². The first-order valence-corrected chi connectivity index (χ1v) is 17.7. The Morgan fingerprint density at radius 2 is 1.69 bits per heavy atom. The summed E-state index contributed by atoms with van der Waals surface area (Å²) in [6, 6.07) is 20.7. The lowest BCUT2D eigenvalue weighted by Crippen LogP contribution is -2.41. The van der Waals surface area contributed by atoms with Crippen LogP contribution in [0.15, 0.2) is 100 Å². The molecule has 1 heterocycles. The molecule has 260 valence electrons. The number of carbonyl (C=O) groups is 1. The van der Waals surface area contributed by atoms with E-state index in [0.29, 0.717) is 43.2 Å². The minimum absolute atomic E-state index is 0.117. The minimum Gasteiger partial charge on any atom is -0.493 e. The van der Waals surface area contributed by atoms with E-state index in [1.54, 1.807) is 11.0 Å². The second-order valence-corrected chi connectivity index (χ2v) is 14.1. The van der Waals surface area contributed by atoms with Crippen LogP contribution in [0.4, 0.5) is 18.9 Å². The van der Waals surface area contributed by atoms with Gasteiger partial charge in [0.05, 0.1) is 57.5 Å². The Morgan fingerprint density at radius 1 is 0.980 bits per heavy atom. The lowest BCUT2D eigenvalue weighted by Gasteiger charge is -2.30. The Morgan fingerprint density at radius 3 is 2.37 bits per heavy atom. The summed E-state index contributed by atoms with van der Waals surface area (Å²) in [7, 11) is 4.50. The van der Waals surface area contributed by atoms with Crippen molar-refractivity contribution in [1.29, 1.82) is 0 Å². The summed E-state index contributed by atoms with van der Waals surface area (Å²) in [5, 5.41) is 6.84. The number of carbonyl (C=O) groups excluding carboxylic acids is 1. The zero-order valence-corrected chi connectivity index (χ0v) is 30.0. The minimum atomic E-state index is -4.46. The van der Waals surface area contributed by atoms with Gasteiger partial charge in [-0.05, 0) is 92.4 Å². The highest BCUT2D eigenvalue weighted by Gasteiger charge is 2.36. The zero-order chi connectivity index (χ0) is 35.0. The molecular weight excluding hydrogens is 693 g/mol. The van der Waals surface area contributed by atoms with Crippen LogP contribution in [-0.4, -0.2) is 68.7 Å². The highest BCUT2D eigenvalue weighted by Crippen LogP contribution is 2.35. The van der Waals surface area contributed by atoms with E-state index in [9.17, 15) is 18.0 Å². The van der Waals surface area contributed by atoms with Crippen molar-refractivity contribution in [3.8, 4) is 5.75 Å². The van der Waals surface area contributed by atoms with Gasteiger partial charge in [-0.1, -0.05) is 46.3 Å². The number of rotatable bonds is 18. The molecule has 10 heteroatoms. The molecule has 5 rings (SSSR count). The Kier molecular flexibility index (Phi) is 12.1. The summed E-state index contributed by atoms with van der Waals surface area (Å²) in [4.78, 5) is 15.5. The number of likely N-dealkylation sites (N-methyl/N-ethyl adjacent to an activating group) is 1. The fourth-order valence-electron chi connectivity index (χ4n) is 6.11. The lowest BCUT2D eigenvalue weighted by molar-refractivity contribution is -0.890. The molecule has 0 radical (unpaired) electrons. The van der Waals surface area contributed by atoms with E-state index in [-0.39, 0.29) is 5.91 Å². The van der Waals surface area contributed by atoms with E-state index in [1.165, 1.54) is 6.07 Å². The topological polar surface area (TPSA) is 53.6 Å². The van der Waals surface area contributed by atoms with Gasteiger partial charge in [0, 0.05) is 34.4 Å². The van der Waals surface area contributed by atoms with Crippen molar-refractivity contribution in [1.82, 2.24) is 10.2 Å². The molecule has 0 aromatic heterocycles. The van der Waals surface area contributed by atoms with E-state index < -0.39 is 17.8 Å². The van der Waals surface area contributed by atoms with Crippen molar-refractivity contribution >= 4 is 33.1 Å². The molecule has 1 amide bonds. The summed E-state index contributed by atoms with van der Waals surface area (Å²) < 4.78 is 48.3. The molecule has 49 heavy (non-hydrogen) atoms. The highest BCUT2D eigenvalue weighted by molar-refractivity contribution is 9.10. The van der Waals surface area contributed by atoms with Crippen molar-refractivity contribution in [3.63, 3.8) is 0 Å². The molecule has 1 aliphatic heterocycles. The molecule has 6 nitrogen and oxygen atoms in total. The molecule has 0 spiro atoms. The van der Waals surface area contributed by atoms with Gasteiger partial charge >= 0.3 is 6.18 Å². The van der Waals surface area contributed by atoms with E-state index >= 15 is 0 Å². The number of ether oxygens (including phenoxy) is 1. The van der Waals surface area contributed by atoms with E-state index in [2.05, 4.69) is 46.4 Å². The third-order valence-electron chi connectivity index (χ3n) is 8.97. The van der Waals surface area contributed by atoms with Crippen LogP contribution < -0.4 is 15.4 Å². The normalized spacial score (nSPS) is 15.1. The number of anilines is 1. The maximum absolute atomic E-state index is 13.8. The summed E-state index contributed by atoms with van der Waals surface area (Å²) in [5.74, 6) is 0.761. The summed E-state index contributed by atoms with van der Waals surface area (Å²) in [6.07, 6.45) is 1.45. The van der Waals surface area contributed by atoms with E-state index in [4.69, 9.17) is 4.74 Å². The standard InChI is InChI=1S/C39H44BrF3N4O2/c1-4-46-27-35(45-33-11-8-10-31(26-33)39(41,42)43)36(38(46)48)37(30-16-14-29(15-17-30)28-12-13-28)44-22-6-5-7-23-47(2,3)24-9-25-49-34-20-18-32(40)19-21-34/h8,10-12,14-21,26,37,44H,4-7,9,22-25,27H2,1-3H3/p+1/t37-/m1/s1. The fraction of sp³-hybridized carbons (Fsp3) is 0.385. The fourth-order valence-corrected chi connectivity index (χ4v) is 6.38. The van der Waals surface area contributed by atoms with Gasteiger partial charge < -0.3 is 24.8 Å². The molecule has 2 aliphatic rings. The number of halogens is 4. The van der Waals surface area contributed by atoms with E-state index in [1.807, 2.05) is 61.5 Å². The molecule has 0 bridgehead atoms. The first kappa shape index (κ1) is 36.5. The average Bonchev–Trinajstić information content (AvgIpc) is 3.88. The van der Waals surface area contributed by atoms with Gasteiger partial charge in [-0.15, -0.1) is 5.73 Å². The molecule has 1 atom stereocenters. The highest BCUT2D eigenvalue weighted by atomic mass is 79.9. The second kappa shape index (κ2) is 16.3. The summed E-state index contributed by atoms with van der Waals surface area (Å²) in [6.45, 7) is 6.14. The second-order valence-electron chi connectivity index (χ2n) is 13.2. The van der Waals surface area contributed by atoms with Crippen LogP contribution in [0, 0.1) is 0 Å². The number of allylic oxidation sites excluding steroid dienone is 1. The third-order valence-corrected chi connectivity index (χ3v) is 9.50. The molecule has 0 saturated heterocycles. The smallest absolute Gasteiger partial charge is 0.416 e. The van der Waals surface area contributed by atoms with Crippen LogP contribution in [0.1, 0.15) is 55.3 Å². The van der Waals surface area contributed by atoms with Crippen LogP contribution in [0.3, 0.4) is 0 Å². The summed E-state index contributed by atoms with van der Waals surface area (Å²) >= 11 is 3.45. The monoisotopic (exact) mass is 737 g/mol. The molecule has 0 unspecified atom stereocenters. The predicted octanol–water partition coefficient (Wildman–Crippen LogP) is 8.59. The molecule has 3 aromatic rings. The van der Waals surface area contributed by atoms with E-state index in [0.717, 1.165) is 82.3 Å². The van der Waals surface area contributed by atoms with Gasteiger partial charge in [0.2, 0.25) is 0 Å². The molecular formula is C39H45BrF3N4O2+. The molecule has 0 saturated carbocycles. The van der Waals surface area contributed by atoms with Gasteiger partial charge in [0.25, 0.3) is 5.91 Å². The molecule has 3 aromatic carbocycles. The number of nitrogens with zero attached hydrogens (tertiary/aromatic N) is 2. The Bertz CT molecular complexity index is 1690. The Hall–Kier alpha value is -3.82. The van der Waals surface area contributed by atoms with Crippen LogP contribution in [-0.2, 0) is 11.0 Å². The van der Waals surface area contributed by atoms with Gasteiger partial charge in [-0.25, -0.2) is 0 Å². The SMILES string of the molecule is CCN1CC(Nc2cccc(C(F)(F)F)c2)=C([C@H](NCCCCC[N+](C)(C)CCCOc2ccc(Br)cc2)c2ccc(C3=C=C3)cc2)C1=O. The number of benzene rings is 3. The van der Waals surface area contributed by atoms with Gasteiger partial charge in [0.1, 0.15) is 5.75 Å².